The number of fused-ring (bicyclic) bond motifs is 4. The van der Waals surface area contributed by atoms with Crippen molar-refractivity contribution in [2.75, 3.05) is 37.7 Å². The van der Waals surface area contributed by atoms with Gasteiger partial charge in [-0.1, -0.05) is 27.7 Å². The molecule has 0 radical (unpaired) electrons. The van der Waals surface area contributed by atoms with Gasteiger partial charge in [0.05, 0.1) is 22.3 Å². The molecule has 12 heteroatoms. The Morgan fingerprint density at radius 3 is 1.17 bits per heavy atom. The van der Waals surface area contributed by atoms with Gasteiger partial charge in [0.25, 0.3) is 20.2 Å². The van der Waals surface area contributed by atoms with E-state index in [0.29, 0.717) is 25.7 Å². The van der Waals surface area contributed by atoms with E-state index in [2.05, 4.69) is 10.6 Å². The van der Waals surface area contributed by atoms with Gasteiger partial charge in [0.15, 0.2) is 0 Å². The first-order chi connectivity index (χ1) is 16.4. The van der Waals surface area contributed by atoms with Crippen LogP contribution in [0, 0.1) is 33.5 Å². The molecule has 4 saturated carbocycles. The number of nitrogens with one attached hydrogen (secondary N) is 2. The molecule has 0 spiro atoms. The highest BCUT2D eigenvalue weighted by Gasteiger charge is 2.66. The number of ketones is 2. The molecule has 0 aromatic rings. The van der Waals surface area contributed by atoms with Crippen molar-refractivity contribution in [2.45, 2.75) is 66.2 Å². The van der Waals surface area contributed by atoms with Crippen molar-refractivity contribution in [1.82, 2.24) is 10.6 Å². The average molecular weight is 551 g/mol. The summed E-state index contributed by atoms with van der Waals surface area (Å²) in [5.74, 6) is -0.203. The Bertz CT molecular complexity index is 990. The number of carbonyl (C=O) groups is 2. The number of piperazine rings is 1. The zero-order valence-corrected chi connectivity index (χ0v) is 23.4. The predicted molar refractivity (Wildman–Crippen MR) is 136 cm³/mol. The number of Topliss-reactive ketones (excluding diaryl/α,β-unsaturated/α-hetero) is 2. The Morgan fingerprint density at radius 2 is 1.00 bits per heavy atom. The zero-order chi connectivity index (χ0) is 27.2. The molecule has 1 heterocycles. The molecule has 36 heavy (non-hydrogen) atoms. The molecule has 208 valence electrons. The second-order valence-electron chi connectivity index (χ2n) is 12.3. The van der Waals surface area contributed by atoms with Crippen LogP contribution in [-0.4, -0.2) is 75.2 Å². The van der Waals surface area contributed by atoms with E-state index < -0.39 is 42.6 Å². The van der Waals surface area contributed by atoms with Gasteiger partial charge in [-0.15, -0.1) is 0 Å². The Hall–Kier alpha value is -0.920. The van der Waals surface area contributed by atoms with Gasteiger partial charge in [-0.2, -0.15) is 16.8 Å². The van der Waals surface area contributed by atoms with Gasteiger partial charge in [-0.05, 0) is 48.3 Å². The molecule has 5 rings (SSSR count). The molecule has 5 fully saturated rings. The number of hydrogen-bond donors (Lipinski definition) is 4. The fourth-order valence-corrected chi connectivity index (χ4v) is 10.0. The van der Waals surface area contributed by atoms with Gasteiger partial charge in [0, 0.05) is 39.0 Å². The first kappa shape index (κ1) is 29.6. The minimum absolute atomic E-state index is 0.0152. The van der Waals surface area contributed by atoms with Crippen molar-refractivity contribution >= 4 is 31.8 Å². The minimum Gasteiger partial charge on any atom is -0.314 e. The topological polar surface area (TPSA) is 167 Å². The van der Waals surface area contributed by atoms with Crippen LogP contribution >= 0.6 is 0 Å². The normalized spacial score (nSPS) is 36.2. The van der Waals surface area contributed by atoms with Gasteiger partial charge in [0.2, 0.25) is 0 Å². The van der Waals surface area contributed by atoms with Crippen molar-refractivity contribution < 1.29 is 35.5 Å². The summed E-state index contributed by atoms with van der Waals surface area (Å²) in [6.45, 7) is 12.3. The van der Waals surface area contributed by atoms with Crippen LogP contribution in [0.2, 0.25) is 0 Å². The molecule has 5 aliphatic rings. The smallest absolute Gasteiger partial charge is 0.265 e. The zero-order valence-electron chi connectivity index (χ0n) is 21.8. The third-order valence-corrected chi connectivity index (χ3v) is 11.8. The Labute approximate surface area is 215 Å². The Kier molecular flexibility index (Phi) is 8.23. The lowest BCUT2D eigenvalue weighted by atomic mass is 9.70. The highest BCUT2D eigenvalue weighted by atomic mass is 32.2. The van der Waals surface area contributed by atoms with Crippen molar-refractivity contribution in [3.05, 3.63) is 0 Å². The summed E-state index contributed by atoms with van der Waals surface area (Å²) in [5.41, 5.74) is -2.24. The summed E-state index contributed by atoms with van der Waals surface area (Å²) < 4.78 is 62.0. The van der Waals surface area contributed by atoms with E-state index in [1.54, 1.807) is 0 Å². The van der Waals surface area contributed by atoms with Crippen LogP contribution in [-0.2, 0) is 29.8 Å². The van der Waals surface area contributed by atoms with E-state index in [1.165, 1.54) is 0 Å². The molecule has 0 aromatic heterocycles. The van der Waals surface area contributed by atoms with Crippen LogP contribution < -0.4 is 10.6 Å². The summed E-state index contributed by atoms with van der Waals surface area (Å²) in [7, 11) is -8.15. The van der Waals surface area contributed by atoms with Crippen LogP contribution in [0.15, 0.2) is 0 Å². The summed E-state index contributed by atoms with van der Waals surface area (Å²) in [4.78, 5) is 23.8. The van der Waals surface area contributed by atoms with E-state index in [0.717, 1.165) is 39.0 Å². The maximum absolute atomic E-state index is 11.9. The molecular formula is C24H42N2O8S2. The molecular weight excluding hydrogens is 508 g/mol. The molecule has 10 nitrogen and oxygen atoms in total. The molecule has 4 aliphatic carbocycles. The molecule has 0 amide bonds. The first-order valence-corrected chi connectivity index (χ1v) is 16.0. The van der Waals surface area contributed by atoms with Crippen LogP contribution in [0.4, 0.5) is 0 Å². The third kappa shape index (κ3) is 5.44. The standard InChI is InChI=1S/2C10H16O4S.C4H10N2/c2*1-9(2)7-3-4-10(9,8(11)5-7)6-15(12,13)14;1-2-6-4-3-5-1/h2*7H,3-6H2,1-2H3,(H,12,13,14);5-6H,1-4H2/t2*7-,10-;/m11./s1. The average Bonchev–Trinajstić information content (AvgIpc) is 3.27. The van der Waals surface area contributed by atoms with Gasteiger partial charge >= 0.3 is 0 Å². The third-order valence-electron chi connectivity index (χ3n) is 10.1. The van der Waals surface area contributed by atoms with Gasteiger partial charge in [0.1, 0.15) is 11.6 Å². The molecule has 0 unspecified atom stereocenters. The number of carbonyl (C=O) groups excluding carboxylic acids is 2. The lowest BCUT2D eigenvalue weighted by Crippen LogP contribution is -2.42. The molecule has 1 aliphatic heterocycles. The monoisotopic (exact) mass is 550 g/mol. The number of hydrogen-bond acceptors (Lipinski definition) is 8. The maximum atomic E-state index is 11.9. The quantitative estimate of drug-likeness (QED) is 0.378. The van der Waals surface area contributed by atoms with E-state index in [-0.39, 0.29) is 34.2 Å². The predicted octanol–water partition coefficient (Wildman–Crippen LogP) is 1.72. The number of rotatable bonds is 4. The Balaban J connectivity index is 0.000000164. The van der Waals surface area contributed by atoms with Crippen LogP contribution in [0.1, 0.15) is 66.2 Å². The molecule has 1 saturated heterocycles. The van der Waals surface area contributed by atoms with Crippen LogP contribution in [0.25, 0.3) is 0 Å². The summed E-state index contributed by atoms with van der Waals surface area (Å²) in [6.07, 6.45) is 3.94. The lowest BCUT2D eigenvalue weighted by molar-refractivity contribution is -0.128. The fourth-order valence-electron chi connectivity index (χ4n) is 7.44. The highest BCUT2D eigenvalue weighted by Crippen LogP contribution is 2.65. The molecule has 0 aromatic carbocycles. The second-order valence-corrected chi connectivity index (χ2v) is 15.2. The molecule has 4 N–H and O–H groups in total. The van der Waals surface area contributed by atoms with E-state index in [1.807, 2.05) is 27.7 Å². The fraction of sp³-hybridized carbons (Fsp3) is 0.917. The van der Waals surface area contributed by atoms with Crippen molar-refractivity contribution in [1.29, 1.82) is 0 Å². The van der Waals surface area contributed by atoms with Crippen molar-refractivity contribution in [3.63, 3.8) is 0 Å². The SMILES string of the molecule is C1CNCCN1.CC1(C)[C@@H]2CC[C@@]1(CS(=O)(=O)O)C(=O)C2.CC1(C)[C@@H]2CC[C@@]1(CS(=O)(=O)O)C(=O)C2. The van der Waals surface area contributed by atoms with E-state index in [9.17, 15) is 26.4 Å². The summed E-state index contributed by atoms with van der Waals surface area (Å²) in [5, 5.41) is 6.44. The summed E-state index contributed by atoms with van der Waals surface area (Å²) >= 11 is 0. The largest absolute Gasteiger partial charge is 0.314 e. The van der Waals surface area contributed by atoms with Crippen LogP contribution in [0.5, 0.6) is 0 Å². The van der Waals surface area contributed by atoms with E-state index >= 15 is 0 Å². The van der Waals surface area contributed by atoms with E-state index in [4.69, 9.17) is 9.11 Å². The minimum atomic E-state index is -4.08. The van der Waals surface area contributed by atoms with Crippen molar-refractivity contribution in [2.24, 2.45) is 33.5 Å². The molecule has 4 atom stereocenters. The van der Waals surface area contributed by atoms with Crippen molar-refractivity contribution in [3.8, 4) is 0 Å². The van der Waals surface area contributed by atoms with Gasteiger partial charge in [-0.3, -0.25) is 18.7 Å². The van der Waals surface area contributed by atoms with Crippen LogP contribution in [0.3, 0.4) is 0 Å². The second kappa shape index (κ2) is 10.00. The highest BCUT2D eigenvalue weighted by molar-refractivity contribution is 7.86. The first-order valence-electron chi connectivity index (χ1n) is 12.8. The maximum Gasteiger partial charge on any atom is 0.265 e. The lowest BCUT2D eigenvalue weighted by Gasteiger charge is -2.35. The summed E-state index contributed by atoms with van der Waals surface area (Å²) in [6, 6.07) is 0. The van der Waals surface area contributed by atoms with Gasteiger partial charge in [-0.25, -0.2) is 0 Å². The Morgan fingerprint density at radius 1 is 0.694 bits per heavy atom. The molecule has 4 bridgehead atoms. The van der Waals surface area contributed by atoms with Gasteiger partial charge < -0.3 is 10.6 Å².